The number of anilines is 1. The summed E-state index contributed by atoms with van der Waals surface area (Å²) >= 11 is 3.51. The Balaban J connectivity index is 1.63. The second kappa shape index (κ2) is 10.7. The molecule has 6 nitrogen and oxygen atoms in total. The summed E-state index contributed by atoms with van der Waals surface area (Å²) in [5.74, 6) is 0.116. The van der Waals surface area contributed by atoms with Gasteiger partial charge in [-0.25, -0.2) is 4.98 Å². The van der Waals surface area contributed by atoms with Crippen molar-refractivity contribution in [3.63, 3.8) is 0 Å². The quantitative estimate of drug-likeness (QED) is 0.319. The van der Waals surface area contributed by atoms with Gasteiger partial charge in [-0.2, -0.15) is 0 Å². The molecule has 0 saturated carbocycles. The van der Waals surface area contributed by atoms with Crippen molar-refractivity contribution in [1.82, 2.24) is 14.9 Å². The zero-order valence-electron chi connectivity index (χ0n) is 16.4. The number of nitrogens with one attached hydrogen (secondary N) is 2. The van der Waals surface area contributed by atoms with Gasteiger partial charge in [-0.15, -0.1) is 0 Å². The van der Waals surface area contributed by atoms with Crippen molar-refractivity contribution in [2.24, 2.45) is 5.73 Å². The summed E-state index contributed by atoms with van der Waals surface area (Å²) in [5.41, 5.74) is 9.37. The molecule has 3 rings (SSSR count). The molecule has 3 aromatic rings. The third kappa shape index (κ3) is 6.64. The smallest absolute Gasteiger partial charge is 0.188 e. The Morgan fingerprint density at radius 2 is 1.79 bits per heavy atom. The number of aromatic nitrogens is 2. The minimum absolute atomic E-state index is 0.116. The molecule has 0 spiro atoms. The molecule has 7 heteroatoms. The number of nitrogens with two attached hydrogens (primary N) is 1. The lowest BCUT2D eigenvalue weighted by molar-refractivity contribution is 0.405. The third-order valence-electron chi connectivity index (χ3n) is 4.82. The summed E-state index contributed by atoms with van der Waals surface area (Å²) in [6.07, 6.45) is 5.34. The number of guanidine groups is 1. The highest BCUT2D eigenvalue weighted by atomic mass is 79.9. The molecule has 4 N–H and O–H groups in total. The number of aromatic amines is 1. The number of nitrogens with zero attached hydrogens (tertiary/aromatic N) is 3. The fourth-order valence-corrected chi connectivity index (χ4v) is 3.50. The Kier molecular flexibility index (Phi) is 7.69. The van der Waals surface area contributed by atoms with E-state index in [2.05, 4.69) is 79.3 Å². The molecule has 2 aromatic carbocycles. The Morgan fingerprint density at radius 3 is 2.45 bits per heavy atom. The molecule has 1 heterocycles. The van der Waals surface area contributed by atoms with Crippen LogP contribution in [-0.4, -0.2) is 40.5 Å². The molecule has 1 aromatic heterocycles. The van der Waals surface area contributed by atoms with E-state index in [1.807, 2.05) is 17.2 Å². The van der Waals surface area contributed by atoms with E-state index >= 15 is 0 Å². The molecule has 29 heavy (non-hydrogen) atoms. The van der Waals surface area contributed by atoms with Crippen molar-refractivity contribution in [1.29, 1.82) is 5.41 Å². The molecule has 0 bridgehead atoms. The largest absolute Gasteiger partial charge is 0.370 e. The van der Waals surface area contributed by atoms with Gasteiger partial charge in [0.1, 0.15) is 0 Å². The lowest BCUT2D eigenvalue weighted by Crippen LogP contribution is -2.42. The van der Waals surface area contributed by atoms with Crippen molar-refractivity contribution in [2.45, 2.75) is 19.4 Å². The Labute approximate surface area is 180 Å². The van der Waals surface area contributed by atoms with Crippen LogP contribution in [0.5, 0.6) is 0 Å². The fraction of sp³-hybridized carbons (Fsp3) is 0.273. The van der Waals surface area contributed by atoms with Crippen LogP contribution in [0.1, 0.15) is 17.7 Å². The zero-order chi connectivity index (χ0) is 20.5. The van der Waals surface area contributed by atoms with E-state index in [-0.39, 0.29) is 5.96 Å². The maximum Gasteiger partial charge on any atom is 0.188 e. The van der Waals surface area contributed by atoms with Gasteiger partial charge in [0.05, 0.1) is 6.33 Å². The van der Waals surface area contributed by atoms with Crippen LogP contribution in [0.25, 0.3) is 0 Å². The summed E-state index contributed by atoms with van der Waals surface area (Å²) in [4.78, 5) is 11.4. The van der Waals surface area contributed by atoms with Gasteiger partial charge in [0, 0.05) is 48.2 Å². The highest BCUT2D eigenvalue weighted by Gasteiger charge is 2.12. The lowest BCUT2D eigenvalue weighted by atomic mass is 10.2. The highest BCUT2D eigenvalue weighted by molar-refractivity contribution is 9.10. The summed E-state index contributed by atoms with van der Waals surface area (Å²) in [7, 11) is 0. The topological polar surface area (TPSA) is 85.0 Å². The molecular weight excluding hydrogens is 428 g/mol. The number of H-pyrrole nitrogens is 1. The summed E-state index contributed by atoms with van der Waals surface area (Å²) in [6, 6.07) is 18.8. The average molecular weight is 455 g/mol. The van der Waals surface area contributed by atoms with Gasteiger partial charge in [-0.05, 0) is 42.7 Å². The minimum atomic E-state index is 0.116. The molecule has 0 amide bonds. The van der Waals surface area contributed by atoms with Gasteiger partial charge in [-0.3, -0.25) is 5.41 Å². The molecule has 0 atom stereocenters. The van der Waals surface area contributed by atoms with E-state index in [0.29, 0.717) is 6.54 Å². The third-order valence-corrected chi connectivity index (χ3v) is 5.35. The number of benzene rings is 2. The molecule has 0 radical (unpaired) electrons. The van der Waals surface area contributed by atoms with Gasteiger partial charge >= 0.3 is 0 Å². The van der Waals surface area contributed by atoms with Crippen molar-refractivity contribution >= 4 is 27.6 Å². The van der Waals surface area contributed by atoms with E-state index in [1.165, 1.54) is 5.56 Å². The van der Waals surface area contributed by atoms with Crippen LogP contribution in [-0.2, 0) is 13.0 Å². The van der Waals surface area contributed by atoms with Crippen LogP contribution < -0.4 is 10.6 Å². The summed E-state index contributed by atoms with van der Waals surface area (Å²) in [5, 5.41) is 7.96. The second-order valence-electron chi connectivity index (χ2n) is 6.94. The van der Waals surface area contributed by atoms with Gasteiger partial charge in [0.25, 0.3) is 0 Å². The van der Waals surface area contributed by atoms with E-state index in [1.54, 1.807) is 6.33 Å². The van der Waals surface area contributed by atoms with Crippen molar-refractivity contribution in [2.75, 3.05) is 24.5 Å². The molecule has 0 saturated heterocycles. The normalized spacial score (nSPS) is 10.7. The number of halogens is 1. The van der Waals surface area contributed by atoms with E-state index < -0.39 is 0 Å². The predicted octanol–water partition coefficient (Wildman–Crippen LogP) is 4.01. The minimum Gasteiger partial charge on any atom is -0.370 e. The number of rotatable bonds is 10. The Bertz CT molecular complexity index is 864. The highest BCUT2D eigenvalue weighted by Crippen LogP contribution is 2.20. The van der Waals surface area contributed by atoms with Gasteiger partial charge < -0.3 is 20.5 Å². The number of imidazole rings is 1. The molecule has 0 fully saturated rings. The van der Waals surface area contributed by atoms with Crippen molar-refractivity contribution in [3.05, 3.63) is 82.9 Å². The van der Waals surface area contributed by atoms with Gasteiger partial charge in [0.2, 0.25) is 0 Å². The van der Waals surface area contributed by atoms with Crippen LogP contribution in [0.2, 0.25) is 0 Å². The number of aryl methyl sites for hydroxylation is 1. The fourth-order valence-electron chi connectivity index (χ4n) is 3.23. The molecule has 0 aliphatic rings. The maximum atomic E-state index is 7.96. The number of hydrogen-bond acceptors (Lipinski definition) is 3. The molecule has 0 aliphatic heterocycles. The first kappa shape index (κ1) is 20.9. The second-order valence-corrected chi connectivity index (χ2v) is 7.85. The van der Waals surface area contributed by atoms with E-state index in [4.69, 9.17) is 11.1 Å². The monoisotopic (exact) mass is 454 g/mol. The Morgan fingerprint density at radius 1 is 1.03 bits per heavy atom. The first-order chi connectivity index (χ1) is 14.1. The average Bonchev–Trinajstić information content (AvgIpc) is 3.24. The van der Waals surface area contributed by atoms with Crippen molar-refractivity contribution < 1.29 is 0 Å². The Hall–Kier alpha value is -2.80. The van der Waals surface area contributed by atoms with Crippen LogP contribution in [0.15, 0.2) is 71.6 Å². The maximum absolute atomic E-state index is 7.96. The summed E-state index contributed by atoms with van der Waals surface area (Å²) in [6.45, 7) is 3.03. The van der Waals surface area contributed by atoms with Crippen LogP contribution in [0, 0.1) is 5.41 Å². The van der Waals surface area contributed by atoms with Crippen LogP contribution >= 0.6 is 15.9 Å². The van der Waals surface area contributed by atoms with Gasteiger partial charge in [0.15, 0.2) is 5.96 Å². The van der Waals surface area contributed by atoms with Crippen molar-refractivity contribution in [3.8, 4) is 0 Å². The first-order valence-corrected chi connectivity index (χ1v) is 10.5. The van der Waals surface area contributed by atoms with Crippen LogP contribution in [0.3, 0.4) is 0 Å². The summed E-state index contributed by atoms with van der Waals surface area (Å²) < 4.78 is 1.06. The van der Waals surface area contributed by atoms with Gasteiger partial charge in [-0.1, -0.05) is 46.3 Å². The molecular formula is C22H27BrN6. The SMILES string of the molecule is N=C(N)N(CCCc1cnc[nH]1)CCN(Cc1ccccc1)c1ccc(Br)cc1. The lowest BCUT2D eigenvalue weighted by Gasteiger charge is -2.30. The first-order valence-electron chi connectivity index (χ1n) is 9.72. The molecule has 152 valence electrons. The molecule has 0 unspecified atom stereocenters. The van der Waals surface area contributed by atoms with E-state index in [0.717, 1.165) is 48.3 Å². The number of hydrogen-bond donors (Lipinski definition) is 3. The standard InChI is InChI=1S/C22H27BrN6/c23-19-8-10-21(11-9-19)29(16-18-5-2-1-3-6-18)14-13-28(22(24)25)12-4-7-20-15-26-17-27-20/h1-3,5-6,8-11,15,17H,4,7,12-14,16H2,(H3,24,25)(H,26,27). The van der Waals surface area contributed by atoms with E-state index in [9.17, 15) is 0 Å². The zero-order valence-corrected chi connectivity index (χ0v) is 18.0. The van der Waals surface area contributed by atoms with Crippen LogP contribution in [0.4, 0.5) is 5.69 Å². The predicted molar refractivity (Wildman–Crippen MR) is 122 cm³/mol. The molecule has 0 aliphatic carbocycles.